The van der Waals surface area contributed by atoms with E-state index in [0.29, 0.717) is 6.61 Å². The molecule has 0 atom stereocenters. The maximum Gasteiger partial charge on any atom is 0.337 e. The Morgan fingerprint density at radius 3 is 2.52 bits per heavy atom. The summed E-state index contributed by atoms with van der Waals surface area (Å²) in [5.74, 6) is -1.04. The second-order valence-electron chi connectivity index (χ2n) is 4.80. The number of halogens is 2. The zero-order chi connectivity index (χ0) is 17.1. The molecule has 0 saturated carbocycles. The maximum atomic E-state index is 11.6. The minimum Gasteiger partial charge on any atom is -0.464 e. The van der Waals surface area contributed by atoms with Gasteiger partial charge in [-0.25, -0.2) is 9.59 Å². The predicted octanol–water partition coefficient (Wildman–Crippen LogP) is 4.04. The highest BCUT2D eigenvalue weighted by atomic mass is 35.5. The van der Waals surface area contributed by atoms with E-state index in [4.69, 9.17) is 37.4 Å². The van der Waals surface area contributed by atoms with Crippen LogP contribution in [0.25, 0.3) is 0 Å². The predicted molar refractivity (Wildman–Crippen MR) is 88.0 cm³/mol. The van der Waals surface area contributed by atoms with E-state index in [9.17, 15) is 9.59 Å². The first-order chi connectivity index (χ1) is 11.0. The average Bonchev–Trinajstić information content (AvgIpc) is 2.51. The highest BCUT2D eigenvalue weighted by Crippen LogP contribution is 2.31. The van der Waals surface area contributed by atoms with Crippen molar-refractivity contribution in [2.45, 2.75) is 32.6 Å². The van der Waals surface area contributed by atoms with Crippen molar-refractivity contribution in [3.63, 3.8) is 0 Å². The van der Waals surface area contributed by atoms with E-state index in [-0.39, 0.29) is 29.0 Å². The Hall–Kier alpha value is -1.30. The van der Waals surface area contributed by atoms with Gasteiger partial charge in [0.05, 0.1) is 11.6 Å². The number of esters is 2. The molecular weight excluding hydrogens is 343 g/mol. The van der Waals surface area contributed by atoms with E-state index < -0.39 is 11.9 Å². The normalized spacial score (nSPS) is 10.4. The number of hydrogen-bond acceptors (Lipinski definition) is 5. The van der Waals surface area contributed by atoms with Crippen LogP contribution >= 0.6 is 23.2 Å². The van der Waals surface area contributed by atoms with Crippen LogP contribution < -0.4 is 4.74 Å². The lowest BCUT2D eigenvalue weighted by atomic mass is 10.2. The van der Waals surface area contributed by atoms with Gasteiger partial charge >= 0.3 is 11.9 Å². The van der Waals surface area contributed by atoms with Gasteiger partial charge in [-0.15, -0.1) is 0 Å². The minimum atomic E-state index is -0.676. The molecule has 0 amide bonds. The monoisotopic (exact) mass is 362 g/mol. The highest BCUT2D eigenvalue weighted by Gasteiger charge is 2.12. The Kier molecular flexibility index (Phi) is 9.67. The van der Waals surface area contributed by atoms with Gasteiger partial charge in [0.2, 0.25) is 0 Å². The summed E-state index contributed by atoms with van der Waals surface area (Å²) in [6.07, 6.45) is 4.09. The van der Waals surface area contributed by atoms with Crippen molar-refractivity contribution >= 4 is 35.1 Å². The van der Waals surface area contributed by atoms with Crippen LogP contribution in [0.3, 0.4) is 0 Å². The Morgan fingerprint density at radius 2 is 1.78 bits per heavy atom. The number of ether oxygens (including phenoxy) is 3. The molecule has 0 saturated heterocycles. The van der Waals surface area contributed by atoms with E-state index in [1.54, 1.807) is 12.1 Å². The molecule has 5 nitrogen and oxygen atoms in total. The minimum absolute atomic E-state index is 0.145. The zero-order valence-electron chi connectivity index (χ0n) is 13.0. The third-order valence-corrected chi connectivity index (χ3v) is 3.64. The molecule has 0 unspecified atom stereocenters. The summed E-state index contributed by atoms with van der Waals surface area (Å²) in [5, 5.41) is 0.429. The van der Waals surface area contributed by atoms with E-state index >= 15 is 0 Å². The van der Waals surface area contributed by atoms with Crippen LogP contribution in [0.2, 0.25) is 10.0 Å². The van der Waals surface area contributed by atoms with Gasteiger partial charge < -0.3 is 14.2 Å². The van der Waals surface area contributed by atoms with Gasteiger partial charge in [-0.3, -0.25) is 0 Å². The average molecular weight is 363 g/mol. The van der Waals surface area contributed by atoms with E-state index in [1.807, 2.05) is 0 Å². The first kappa shape index (κ1) is 19.7. The third-order valence-electron chi connectivity index (χ3n) is 2.84. The van der Waals surface area contributed by atoms with E-state index in [1.165, 1.54) is 6.07 Å². The van der Waals surface area contributed by atoms with Crippen LogP contribution in [0, 0.1) is 0 Å². The van der Waals surface area contributed by atoms with Crippen LogP contribution in [0.1, 0.15) is 32.6 Å². The van der Waals surface area contributed by atoms with E-state index in [0.717, 1.165) is 25.7 Å². The molecular formula is C16H20Cl2O5. The van der Waals surface area contributed by atoms with Crippen LogP contribution in [-0.2, 0) is 19.1 Å². The standard InChI is InChI=1S/C16H20Cl2O5/c1-2-3-4-5-9-22-14(19)10-21-11-15(20)23-13-8-6-7-12(17)16(13)18/h6-8H,2-5,9-11H2,1H3. The summed E-state index contributed by atoms with van der Waals surface area (Å²) in [6.45, 7) is 1.79. The Morgan fingerprint density at radius 1 is 1.04 bits per heavy atom. The summed E-state index contributed by atoms with van der Waals surface area (Å²) in [4.78, 5) is 23.0. The number of carbonyl (C=O) groups is 2. The second-order valence-corrected chi connectivity index (χ2v) is 5.59. The van der Waals surface area contributed by atoms with Crippen LogP contribution in [0.15, 0.2) is 18.2 Å². The molecule has 0 aliphatic heterocycles. The van der Waals surface area contributed by atoms with Crippen molar-refractivity contribution in [3.8, 4) is 5.75 Å². The molecule has 1 aromatic carbocycles. The quantitative estimate of drug-likeness (QED) is 0.357. The fourth-order valence-electron chi connectivity index (χ4n) is 1.69. The summed E-state index contributed by atoms with van der Waals surface area (Å²) in [7, 11) is 0. The van der Waals surface area contributed by atoms with E-state index in [2.05, 4.69) is 6.92 Å². The van der Waals surface area contributed by atoms with Gasteiger partial charge in [0.1, 0.15) is 18.2 Å². The van der Waals surface area contributed by atoms with Crippen molar-refractivity contribution in [1.82, 2.24) is 0 Å². The largest absolute Gasteiger partial charge is 0.464 e. The first-order valence-corrected chi connectivity index (χ1v) is 8.18. The Labute approximate surface area is 145 Å². The molecule has 0 bridgehead atoms. The lowest BCUT2D eigenvalue weighted by Crippen LogP contribution is -2.20. The summed E-state index contributed by atoms with van der Waals surface area (Å²) in [5.41, 5.74) is 0. The molecule has 1 aromatic rings. The molecule has 0 heterocycles. The van der Waals surface area contributed by atoms with Crippen molar-refractivity contribution in [2.75, 3.05) is 19.8 Å². The van der Waals surface area contributed by atoms with Crippen molar-refractivity contribution in [2.24, 2.45) is 0 Å². The highest BCUT2D eigenvalue weighted by molar-refractivity contribution is 6.43. The molecule has 7 heteroatoms. The zero-order valence-corrected chi connectivity index (χ0v) is 14.5. The third kappa shape index (κ3) is 8.21. The smallest absolute Gasteiger partial charge is 0.337 e. The van der Waals surface area contributed by atoms with Gasteiger partial charge in [-0.2, -0.15) is 0 Å². The molecule has 0 N–H and O–H groups in total. The number of rotatable bonds is 10. The molecule has 1 rings (SSSR count). The SMILES string of the molecule is CCCCCCOC(=O)COCC(=O)Oc1cccc(Cl)c1Cl. The molecule has 128 valence electrons. The topological polar surface area (TPSA) is 61.8 Å². The van der Waals surface area contributed by atoms with Crippen molar-refractivity contribution in [1.29, 1.82) is 0 Å². The van der Waals surface area contributed by atoms with Gasteiger partial charge in [0, 0.05) is 0 Å². The van der Waals surface area contributed by atoms with Crippen molar-refractivity contribution < 1.29 is 23.8 Å². The summed E-state index contributed by atoms with van der Waals surface area (Å²) in [6, 6.07) is 4.69. The fraction of sp³-hybridized carbons (Fsp3) is 0.500. The number of carbonyl (C=O) groups excluding carboxylic acids is 2. The Balaban J connectivity index is 2.18. The number of benzene rings is 1. The van der Waals surface area contributed by atoms with Crippen LogP contribution in [0.4, 0.5) is 0 Å². The van der Waals surface area contributed by atoms with Gasteiger partial charge in [-0.1, -0.05) is 55.5 Å². The molecule has 0 aliphatic rings. The second kappa shape index (κ2) is 11.3. The molecule has 0 aromatic heterocycles. The lowest BCUT2D eigenvalue weighted by molar-refractivity contribution is -0.152. The maximum absolute atomic E-state index is 11.6. The molecule has 0 aliphatic carbocycles. The van der Waals surface area contributed by atoms with Crippen LogP contribution in [0.5, 0.6) is 5.75 Å². The van der Waals surface area contributed by atoms with Gasteiger partial charge in [0.15, 0.2) is 5.75 Å². The fourth-order valence-corrected chi connectivity index (χ4v) is 2.02. The van der Waals surface area contributed by atoms with Crippen molar-refractivity contribution in [3.05, 3.63) is 28.2 Å². The molecule has 23 heavy (non-hydrogen) atoms. The number of hydrogen-bond donors (Lipinski definition) is 0. The first-order valence-electron chi connectivity index (χ1n) is 7.42. The molecule has 0 spiro atoms. The van der Waals surface area contributed by atoms with Gasteiger partial charge in [0.25, 0.3) is 0 Å². The summed E-state index contributed by atoms with van der Waals surface area (Å²) >= 11 is 11.7. The Bertz CT molecular complexity index is 519. The molecule has 0 radical (unpaired) electrons. The van der Waals surface area contributed by atoms with Gasteiger partial charge in [-0.05, 0) is 18.6 Å². The van der Waals surface area contributed by atoms with Crippen LogP contribution in [-0.4, -0.2) is 31.8 Å². The lowest BCUT2D eigenvalue weighted by Gasteiger charge is -2.08. The summed E-state index contributed by atoms with van der Waals surface area (Å²) < 4.78 is 14.9. The number of unbranched alkanes of at least 4 members (excludes halogenated alkanes) is 3. The molecule has 0 fully saturated rings.